The molecule has 2 heteroatoms. The van der Waals surface area contributed by atoms with Crippen molar-refractivity contribution >= 4 is 17.1 Å². The lowest BCUT2D eigenvalue weighted by molar-refractivity contribution is 0.948. The third-order valence-electron chi connectivity index (χ3n) is 2.99. The van der Waals surface area contributed by atoms with Crippen LogP contribution in [0.5, 0.6) is 0 Å². The fourth-order valence-electron chi connectivity index (χ4n) is 2.06. The van der Waals surface area contributed by atoms with Gasteiger partial charge < -0.3 is 4.57 Å². The van der Waals surface area contributed by atoms with Crippen LogP contribution in [-0.2, 0) is 7.05 Å². The predicted octanol–water partition coefficient (Wildman–Crippen LogP) is 3.86. The quantitative estimate of drug-likeness (QED) is 0.727. The zero-order valence-corrected chi connectivity index (χ0v) is 10.6. The van der Waals surface area contributed by atoms with E-state index in [0.717, 1.165) is 11.9 Å². The van der Waals surface area contributed by atoms with E-state index < -0.39 is 0 Å². The van der Waals surface area contributed by atoms with Gasteiger partial charge in [-0.25, -0.2) is 0 Å². The maximum Gasteiger partial charge on any atom is 0.0916 e. The number of hydrogen-bond acceptors (Lipinski definition) is 1. The van der Waals surface area contributed by atoms with E-state index in [1.54, 1.807) is 0 Å². The largest absolute Gasteiger partial charge is 0.343 e. The van der Waals surface area contributed by atoms with Crippen LogP contribution < -0.4 is 0 Å². The van der Waals surface area contributed by atoms with E-state index in [9.17, 15) is 0 Å². The van der Waals surface area contributed by atoms with Crippen LogP contribution in [0.4, 0.5) is 0 Å². The normalized spacial score (nSPS) is 12.2. The van der Waals surface area contributed by atoms with Crippen molar-refractivity contribution in [3.8, 4) is 0 Å². The van der Waals surface area contributed by atoms with Crippen molar-refractivity contribution in [1.29, 1.82) is 0 Å². The summed E-state index contributed by atoms with van der Waals surface area (Å²) in [5.74, 6) is 0. The average Bonchev–Trinajstić information content (AvgIpc) is 2.60. The summed E-state index contributed by atoms with van der Waals surface area (Å²) in [6.45, 7) is 4.26. The minimum Gasteiger partial charge on any atom is -0.343 e. The number of fused-ring (bicyclic) bond motifs is 1. The second kappa shape index (κ2) is 5.00. The van der Waals surface area contributed by atoms with Crippen LogP contribution in [0.3, 0.4) is 0 Å². The molecular weight excluding hydrogens is 208 g/mol. The third-order valence-corrected chi connectivity index (χ3v) is 2.99. The van der Waals surface area contributed by atoms with Crippen LogP contribution in [0.15, 0.2) is 36.6 Å². The van der Waals surface area contributed by atoms with Crippen molar-refractivity contribution in [2.24, 2.45) is 7.05 Å². The van der Waals surface area contributed by atoms with Gasteiger partial charge in [-0.15, -0.1) is 0 Å². The lowest BCUT2D eigenvalue weighted by Gasteiger charge is -1.98. The van der Waals surface area contributed by atoms with Crippen molar-refractivity contribution in [2.45, 2.75) is 20.3 Å². The predicted molar refractivity (Wildman–Crippen MR) is 73.9 cm³/mol. The second-order valence-electron chi connectivity index (χ2n) is 4.14. The van der Waals surface area contributed by atoms with Gasteiger partial charge >= 0.3 is 0 Å². The van der Waals surface area contributed by atoms with E-state index in [2.05, 4.69) is 60.8 Å². The highest BCUT2D eigenvalue weighted by Crippen LogP contribution is 2.23. The van der Waals surface area contributed by atoms with E-state index in [1.807, 2.05) is 12.3 Å². The molecule has 0 saturated heterocycles. The lowest BCUT2D eigenvalue weighted by Crippen LogP contribution is -1.90. The Morgan fingerprint density at radius 2 is 2.18 bits per heavy atom. The first-order valence-electron chi connectivity index (χ1n) is 5.99. The molecular formula is C15H18N2. The van der Waals surface area contributed by atoms with Crippen LogP contribution >= 0.6 is 0 Å². The maximum absolute atomic E-state index is 4.43. The molecule has 0 aromatic carbocycles. The number of rotatable bonds is 3. The lowest BCUT2D eigenvalue weighted by atomic mass is 10.2. The van der Waals surface area contributed by atoms with Crippen LogP contribution in [0, 0.1) is 6.92 Å². The van der Waals surface area contributed by atoms with Gasteiger partial charge in [-0.2, -0.15) is 0 Å². The van der Waals surface area contributed by atoms with Gasteiger partial charge in [0.1, 0.15) is 0 Å². The van der Waals surface area contributed by atoms with Crippen molar-refractivity contribution in [2.75, 3.05) is 0 Å². The van der Waals surface area contributed by atoms with E-state index in [0.29, 0.717) is 0 Å². The fourth-order valence-corrected chi connectivity index (χ4v) is 2.06. The smallest absolute Gasteiger partial charge is 0.0916 e. The van der Waals surface area contributed by atoms with Crippen LogP contribution in [0.2, 0.25) is 0 Å². The Hall–Kier alpha value is -1.83. The molecule has 0 bridgehead atoms. The van der Waals surface area contributed by atoms with Gasteiger partial charge in [0, 0.05) is 24.5 Å². The molecule has 17 heavy (non-hydrogen) atoms. The highest BCUT2D eigenvalue weighted by atomic mass is 15.0. The summed E-state index contributed by atoms with van der Waals surface area (Å²) in [5.41, 5.74) is 4.74. The highest BCUT2D eigenvalue weighted by Gasteiger charge is 2.08. The highest BCUT2D eigenvalue weighted by molar-refractivity contribution is 5.84. The molecule has 0 N–H and O–H groups in total. The molecule has 2 rings (SSSR count). The molecule has 2 aromatic heterocycles. The van der Waals surface area contributed by atoms with Crippen LogP contribution in [0.1, 0.15) is 24.6 Å². The number of nitrogens with zero attached hydrogens (tertiary/aromatic N) is 2. The number of allylic oxidation sites excluding steroid dienone is 3. The van der Waals surface area contributed by atoms with Gasteiger partial charge in [-0.05, 0) is 31.6 Å². The van der Waals surface area contributed by atoms with Gasteiger partial charge in [0.15, 0.2) is 0 Å². The van der Waals surface area contributed by atoms with Crippen molar-refractivity contribution in [3.63, 3.8) is 0 Å². The standard InChI is InChI=1S/C15H18N2/c1-4-5-6-7-9-13-12(2)15-14(17(13)3)10-8-11-16-15/h5-11H,4H2,1-3H3/b6-5+,9-7-. The molecule has 0 spiro atoms. The monoisotopic (exact) mass is 226 g/mol. The molecule has 88 valence electrons. The Bertz CT molecular complexity index is 535. The molecule has 0 aliphatic carbocycles. The summed E-state index contributed by atoms with van der Waals surface area (Å²) < 4.78 is 2.19. The Balaban J connectivity index is 2.47. The van der Waals surface area contributed by atoms with Crippen molar-refractivity contribution in [1.82, 2.24) is 9.55 Å². The zero-order chi connectivity index (χ0) is 12.3. The number of pyridine rings is 1. The van der Waals surface area contributed by atoms with Gasteiger partial charge in [0.25, 0.3) is 0 Å². The molecule has 0 atom stereocenters. The van der Waals surface area contributed by atoms with E-state index in [-0.39, 0.29) is 0 Å². The fraction of sp³-hybridized carbons (Fsp3) is 0.267. The summed E-state index contributed by atoms with van der Waals surface area (Å²) >= 11 is 0. The summed E-state index contributed by atoms with van der Waals surface area (Å²) in [5, 5.41) is 0. The van der Waals surface area contributed by atoms with Crippen molar-refractivity contribution in [3.05, 3.63) is 47.8 Å². The molecule has 2 heterocycles. The maximum atomic E-state index is 4.43. The molecule has 0 aliphatic rings. The molecule has 2 nitrogen and oxygen atoms in total. The van der Waals surface area contributed by atoms with Gasteiger partial charge in [0.05, 0.1) is 11.0 Å². The van der Waals surface area contributed by atoms with Gasteiger partial charge in [0.2, 0.25) is 0 Å². The summed E-state index contributed by atoms with van der Waals surface area (Å²) in [7, 11) is 2.08. The van der Waals surface area contributed by atoms with Gasteiger partial charge in [-0.1, -0.05) is 25.2 Å². The Morgan fingerprint density at radius 1 is 1.35 bits per heavy atom. The first-order valence-corrected chi connectivity index (χ1v) is 5.99. The zero-order valence-electron chi connectivity index (χ0n) is 10.6. The number of aryl methyl sites for hydroxylation is 2. The average molecular weight is 226 g/mol. The summed E-state index contributed by atoms with van der Waals surface area (Å²) in [4.78, 5) is 4.43. The molecule has 0 unspecified atom stereocenters. The first kappa shape index (κ1) is 11.6. The molecule has 2 aromatic rings. The molecule has 0 radical (unpaired) electrons. The number of hydrogen-bond donors (Lipinski definition) is 0. The Morgan fingerprint density at radius 3 is 2.88 bits per heavy atom. The van der Waals surface area contributed by atoms with Crippen LogP contribution in [-0.4, -0.2) is 9.55 Å². The summed E-state index contributed by atoms with van der Waals surface area (Å²) in [6.07, 6.45) is 11.4. The molecule has 0 amide bonds. The first-order chi connectivity index (χ1) is 8.25. The van der Waals surface area contributed by atoms with E-state index in [4.69, 9.17) is 0 Å². The second-order valence-corrected chi connectivity index (χ2v) is 4.14. The topological polar surface area (TPSA) is 17.8 Å². The van der Waals surface area contributed by atoms with E-state index >= 15 is 0 Å². The SMILES string of the molecule is CC/C=C/C=C\c1c(C)c2ncccc2n1C. The third kappa shape index (κ3) is 2.16. The Labute approximate surface area is 102 Å². The molecule has 0 aliphatic heterocycles. The number of aromatic nitrogens is 2. The van der Waals surface area contributed by atoms with Crippen LogP contribution in [0.25, 0.3) is 17.1 Å². The molecule has 0 fully saturated rings. The Kier molecular flexibility index (Phi) is 3.43. The minimum absolute atomic E-state index is 1.07. The van der Waals surface area contributed by atoms with Gasteiger partial charge in [-0.3, -0.25) is 4.98 Å². The molecule has 0 saturated carbocycles. The minimum atomic E-state index is 1.07. The summed E-state index contributed by atoms with van der Waals surface area (Å²) in [6, 6.07) is 4.08. The van der Waals surface area contributed by atoms with E-state index in [1.165, 1.54) is 16.8 Å². The van der Waals surface area contributed by atoms with Crippen molar-refractivity contribution < 1.29 is 0 Å².